The van der Waals surface area contributed by atoms with Crippen LogP contribution in [0.4, 0.5) is 5.69 Å². The molecule has 8 heteroatoms. The zero-order chi connectivity index (χ0) is 21.1. The molecule has 1 aliphatic heterocycles. The summed E-state index contributed by atoms with van der Waals surface area (Å²) >= 11 is 5.89. The highest BCUT2D eigenvalue weighted by Crippen LogP contribution is 2.26. The maximum atomic E-state index is 12.4. The Morgan fingerprint density at radius 3 is 2.60 bits per heavy atom. The van der Waals surface area contributed by atoms with Crippen molar-refractivity contribution in [1.29, 1.82) is 0 Å². The van der Waals surface area contributed by atoms with Gasteiger partial charge in [0.2, 0.25) is 11.8 Å². The number of hydrogen-bond donors (Lipinski definition) is 3. The lowest BCUT2D eigenvalue weighted by Gasteiger charge is -2.16. The van der Waals surface area contributed by atoms with E-state index in [1.807, 2.05) is 24.3 Å². The van der Waals surface area contributed by atoms with Crippen molar-refractivity contribution >= 4 is 45.9 Å². The van der Waals surface area contributed by atoms with Crippen molar-refractivity contribution in [3.63, 3.8) is 0 Å². The topological polar surface area (TPSA) is 94.3 Å². The molecule has 1 unspecified atom stereocenters. The minimum atomic E-state index is -0.419. The number of nitrogens with one attached hydrogen (secondary N) is 3. The van der Waals surface area contributed by atoms with Gasteiger partial charge in [0.1, 0.15) is 0 Å². The molecule has 1 aromatic heterocycles. The predicted octanol–water partition coefficient (Wildman–Crippen LogP) is 2.72. The Labute approximate surface area is 178 Å². The molecule has 0 spiro atoms. The molecule has 154 valence electrons. The first-order valence-corrected chi connectivity index (χ1v) is 10.1. The number of carbonyl (C=O) groups is 3. The molecule has 1 aliphatic rings. The minimum absolute atomic E-state index is 0.0925. The van der Waals surface area contributed by atoms with Crippen LogP contribution >= 0.6 is 11.6 Å². The summed E-state index contributed by atoms with van der Waals surface area (Å²) in [5, 5.41) is 7.06. The van der Waals surface area contributed by atoms with Crippen molar-refractivity contribution in [1.82, 2.24) is 15.6 Å². The highest BCUT2D eigenvalue weighted by molar-refractivity contribution is 6.30. The second kappa shape index (κ2) is 8.59. The minimum Gasteiger partial charge on any atom is -0.360 e. The van der Waals surface area contributed by atoms with Crippen LogP contribution in [-0.4, -0.2) is 42.3 Å². The number of benzene rings is 2. The van der Waals surface area contributed by atoms with Gasteiger partial charge in [0.15, 0.2) is 0 Å². The van der Waals surface area contributed by atoms with E-state index in [1.165, 1.54) is 0 Å². The van der Waals surface area contributed by atoms with E-state index in [4.69, 9.17) is 11.6 Å². The van der Waals surface area contributed by atoms with Crippen LogP contribution in [0.2, 0.25) is 5.02 Å². The number of rotatable bonds is 6. The highest BCUT2D eigenvalue weighted by Gasteiger charge is 2.34. The quantitative estimate of drug-likeness (QED) is 0.531. The Kier molecular flexibility index (Phi) is 5.72. The van der Waals surface area contributed by atoms with Gasteiger partial charge >= 0.3 is 0 Å². The lowest BCUT2D eigenvalue weighted by atomic mass is 10.1. The molecule has 3 aromatic rings. The van der Waals surface area contributed by atoms with E-state index in [9.17, 15) is 14.4 Å². The van der Waals surface area contributed by atoms with Crippen molar-refractivity contribution in [2.75, 3.05) is 24.5 Å². The first kappa shape index (κ1) is 20.0. The number of para-hydroxylation sites is 1. The van der Waals surface area contributed by atoms with Crippen molar-refractivity contribution in [3.8, 4) is 0 Å². The number of amides is 3. The van der Waals surface area contributed by atoms with Gasteiger partial charge in [-0.25, -0.2) is 0 Å². The summed E-state index contributed by atoms with van der Waals surface area (Å²) < 4.78 is 0. The third kappa shape index (κ3) is 4.16. The number of aromatic nitrogens is 1. The molecule has 0 saturated carbocycles. The van der Waals surface area contributed by atoms with Gasteiger partial charge in [-0.05, 0) is 30.3 Å². The molecule has 4 rings (SSSR count). The number of fused-ring (bicyclic) bond motifs is 1. The molecule has 7 nitrogen and oxygen atoms in total. The lowest BCUT2D eigenvalue weighted by molar-refractivity contribution is -0.126. The fourth-order valence-corrected chi connectivity index (χ4v) is 3.74. The van der Waals surface area contributed by atoms with E-state index in [1.54, 1.807) is 35.4 Å². The Hall–Kier alpha value is -3.32. The summed E-state index contributed by atoms with van der Waals surface area (Å²) in [6, 6.07) is 14.5. The standard InChI is InChI=1S/C22H21ClN4O3/c23-15-5-7-16(8-6-15)27-13-14(11-20(27)28)21(29)24-9-10-25-22(30)18-12-26-19-4-2-1-3-17(18)19/h1-8,12,14,26H,9-11,13H2,(H,24,29)(H,25,30). The average Bonchev–Trinajstić information content (AvgIpc) is 3.35. The molecule has 2 aromatic carbocycles. The van der Waals surface area contributed by atoms with E-state index in [0.29, 0.717) is 30.2 Å². The number of carbonyl (C=O) groups excluding carboxylic acids is 3. The van der Waals surface area contributed by atoms with E-state index < -0.39 is 5.92 Å². The van der Waals surface area contributed by atoms with Crippen molar-refractivity contribution in [2.24, 2.45) is 5.92 Å². The molecule has 30 heavy (non-hydrogen) atoms. The van der Waals surface area contributed by atoms with E-state index in [-0.39, 0.29) is 24.1 Å². The van der Waals surface area contributed by atoms with Gasteiger partial charge in [-0.15, -0.1) is 0 Å². The van der Waals surface area contributed by atoms with Crippen LogP contribution in [0.1, 0.15) is 16.8 Å². The Morgan fingerprint density at radius 2 is 1.80 bits per heavy atom. The van der Waals surface area contributed by atoms with Crippen molar-refractivity contribution < 1.29 is 14.4 Å². The maximum Gasteiger partial charge on any atom is 0.253 e. The number of halogens is 1. The van der Waals surface area contributed by atoms with Crippen LogP contribution < -0.4 is 15.5 Å². The van der Waals surface area contributed by atoms with Crippen LogP contribution in [0, 0.1) is 5.92 Å². The summed E-state index contributed by atoms with van der Waals surface area (Å²) in [4.78, 5) is 41.8. The van der Waals surface area contributed by atoms with Gasteiger partial charge in [0, 0.05) is 53.9 Å². The third-order valence-electron chi connectivity index (χ3n) is 5.18. The third-order valence-corrected chi connectivity index (χ3v) is 5.43. The maximum absolute atomic E-state index is 12.4. The number of nitrogens with zero attached hydrogens (tertiary/aromatic N) is 1. The largest absolute Gasteiger partial charge is 0.360 e. The molecule has 3 amide bonds. The van der Waals surface area contributed by atoms with Gasteiger partial charge in [-0.2, -0.15) is 0 Å². The van der Waals surface area contributed by atoms with Crippen LogP contribution in [0.3, 0.4) is 0 Å². The summed E-state index contributed by atoms with van der Waals surface area (Å²) in [5.74, 6) is -0.907. The fraction of sp³-hybridized carbons (Fsp3) is 0.227. The first-order valence-electron chi connectivity index (χ1n) is 9.71. The van der Waals surface area contributed by atoms with E-state index in [2.05, 4.69) is 15.6 Å². The van der Waals surface area contributed by atoms with E-state index in [0.717, 1.165) is 16.6 Å². The van der Waals surface area contributed by atoms with Gasteiger partial charge in [-0.3, -0.25) is 14.4 Å². The SMILES string of the molecule is O=C(NCCNC(=O)C1CC(=O)N(c2ccc(Cl)cc2)C1)c1c[nH]c2ccccc12. The number of aromatic amines is 1. The second-order valence-electron chi connectivity index (χ2n) is 7.18. The average molecular weight is 425 g/mol. The summed E-state index contributed by atoms with van der Waals surface area (Å²) in [7, 11) is 0. The van der Waals surface area contributed by atoms with Crippen LogP contribution in [0.15, 0.2) is 54.7 Å². The Balaban J connectivity index is 1.25. The second-order valence-corrected chi connectivity index (χ2v) is 7.61. The summed E-state index contributed by atoms with van der Waals surface area (Å²) in [5.41, 5.74) is 2.19. The zero-order valence-electron chi connectivity index (χ0n) is 16.2. The smallest absolute Gasteiger partial charge is 0.253 e. The fourth-order valence-electron chi connectivity index (χ4n) is 3.61. The highest BCUT2D eigenvalue weighted by atomic mass is 35.5. The van der Waals surface area contributed by atoms with Crippen LogP contribution in [0.25, 0.3) is 10.9 Å². The molecular formula is C22H21ClN4O3. The molecule has 2 heterocycles. The van der Waals surface area contributed by atoms with Crippen LogP contribution in [-0.2, 0) is 9.59 Å². The normalized spacial score (nSPS) is 16.1. The summed E-state index contributed by atoms with van der Waals surface area (Å²) in [6.07, 6.45) is 1.84. The first-order chi connectivity index (χ1) is 14.5. The van der Waals surface area contributed by atoms with Gasteiger partial charge in [0.25, 0.3) is 5.91 Å². The van der Waals surface area contributed by atoms with Gasteiger partial charge < -0.3 is 20.5 Å². The molecule has 0 radical (unpaired) electrons. The molecule has 1 atom stereocenters. The van der Waals surface area contributed by atoms with Gasteiger partial charge in [-0.1, -0.05) is 29.8 Å². The summed E-state index contributed by atoms with van der Waals surface area (Å²) in [6.45, 7) is 0.915. The zero-order valence-corrected chi connectivity index (χ0v) is 16.9. The molecule has 0 bridgehead atoms. The van der Waals surface area contributed by atoms with Crippen LogP contribution in [0.5, 0.6) is 0 Å². The lowest BCUT2D eigenvalue weighted by Crippen LogP contribution is -2.38. The number of H-pyrrole nitrogens is 1. The molecular weight excluding hydrogens is 404 g/mol. The van der Waals surface area contributed by atoms with Crippen molar-refractivity contribution in [3.05, 3.63) is 65.3 Å². The molecule has 3 N–H and O–H groups in total. The molecule has 1 saturated heterocycles. The Bertz CT molecular complexity index is 1090. The van der Waals surface area contributed by atoms with Crippen molar-refractivity contribution in [2.45, 2.75) is 6.42 Å². The number of hydrogen-bond acceptors (Lipinski definition) is 3. The predicted molar refractivity (Wildman–Crippen MR) is 116 cm³/mol. The molecule has 0 aliphatic carbocycles. The number of anilines is 1. The Morgan fingerprint density at radius 1 is 1.07 bits per heavy atom. The van der Waals surface area contributed by atoms with E-state index >= 15 is 0 Å². The monoisotopic (exact) mass is 424 g/mol. The van der Waals surface area contributed by atoms with Gasteiger partial charge in [0.05, 0.1) is 11.5 Å². The molecule has 1 fully saturated rings.